The molecule has 3 atom stereocenters. The Hall–Kier alpha value is -1.46. The first-order valence-electron chi connectivity index (χ1n) is 7.03. The fourth-order valence-electron chi connectivity index (χ4n) is 3.10. The number of fused-ring (bicyclic) bond motifs is 1. The van der Waals surface area contributed by atoms with Crippen LogP contribution in [0, 0.1) is 5.92 Å². The third kappa shape index (κ3) is 2.77. The first-order valence-corrected chi connectivity index (χ1v) is 7.03. The van der Waals surface area contributed by atoms with E-state index in [2.05, 4.69) is 21.2 Å². The minimum absolute atomic E-state index is 0.0729. The smallest absolute Gasteiger partial charge is 0.238 e. The van der Waals surface area contributed by atoms with Crippen LogP contribution in [0.4, 0.5) is 0 Å². The lowest BCUT2D eigenvalue weighted by Gasteiger charge is -2.16. The molecule has 1 amide bonds. The molecule has 5 heteroatoms. The normalized spacial score (nSPS) is 29.2. The minimum Gasteiger partial charge on any atom is -0.354 e. The molecular formula is C14H20N4O. The Labute approximate surface area is 113 Å². The number of nitrogens with zero attached hydrogens (tertiary/aromatic N) is 1. The summed E-state index contributed by atoms with van der Waals surface area (Å²) in [7, 11) is 0. The van der Waals surface area contributed by atoms with E-state index >= 15 is 0 Å². The van der Waals surface area contributed by atoms with Gasteiger partial charge in [0.2, 0.25) is 5.91 Å². The van der Waals surface area contributed by atoms with Crippen molar-refractivity contribution in [2.24, 2.45) is 5.92 Å². The van der Waals surface area contributed by atoms with E-state index in [0.717, 1.165) is 18.5 Å². The average molecular weight is 260 g/mol. The van der Waals surface area contributed by atoms with Gasteiger partial charge in [-0.3, -0.25) is 15.2 Å². The Morgan fingerprint density at radius 1 is 1.37 bits per heavy atom. The number of hydrazine groups is 1. The van der Waals surface area contributed by atoms with Crippen molar-refractivity contribution in [2.75, 3.05) is 6.54 Å². The Morgan fingerprint density at radius 3 is 3.16 bits per heavy atom. The monoisotopic (exact) mass is 260 g/mol. The molecule has 1 aliphatic carbocycles. The van der Waals surface area contributed by atoms with Gasteiger partial charge >= 0.3 is 0 Å². The third-order valence-corrected chi connectivity index (χ3v) is 4.11. The molecule has 2 aliphatic rings. The topological polar surface area (TPSA) is 66.0 Å². The largest absolute Gasteiger partial charge is 0.354 e. The van der Waals surface area contributed by atoms with Crippen LogP contribution in [0.3, 0.4) is 0 Å². The average Bonchev–Trinajstić information content (AvgIpc) is 3.02. The van der Waals surface area contributed by atoms with E-state index in [0.29, 0.717) is 18.5 Å². The fourth-order valence-corrected chi connectivity index (χ4v) is 3.10. The van der Waals surface area contributed by atoms with E-state index in [9.17, 15) is 4.79 Å². The number of aromatic nitrogens is 1. The molecule has 3 N–H and O–H groups in total. The van der Waals surface area contributed by atoms with Gasteiger partial charge in [0.1, 0.15) is 6.04 Å². The van der Waals surface area contributed by atoms with E-state index in [4.69, 9.17) is 0 Å². The lowest BCUT2D eigenvalue weighted by molar-refractivity contribution is -0.123. The van der Waals surface area contributed by atoms with Crippen LogP contribution in [0.2, 0.25) is 0 Å². The molecule has 1 aliphatic heterocycles. The third-order valence-electron chi connectivity index (χ3n) is 4.11. The zero-order chi connectivity index (χ0) is 13.1. The SMILES string of the molecule is O=C(NCCc1ccccn1)C1NNC2CCCC21. The van der Waals surface area contributed by atoms with Crippen molar-refractivity contribution < 1.29 is 4.79 Å². The number of carbonyl (C=O) groups is 1. The molecule has 3 rings (SSSR count). The number of nitrogens with one attached hydrogen (secondary N) is 3. The molecule has 0 bridgehead atoms. The number of carbonyl (C=O) groups excluding carboxylic acids is 1. The summed E-state index contributed by atoms with van der Waals surface area (Å²) < 4.78 is 0. The molecule has 0 spiro atoms. The summed E-state index contributed by atoms with van der Waals surface area (Å²) in [5, 5.41) is 3.00. The van der Waals surface area contributed by atoms with Crippen molar-refractivity contribution in [2.45, 2.75) is 37.8 Å². The molecule has 1 saturated heterocycles. The molecular weight excluding hydrogens is 240 g/mol. The highest BCUT2D eigenvalue weighted by atomic mass is 16.2. The predicted molar refractivity (Wildman–Crippen MR) is 72.1 cm³/mol. The Morgan fingerprint density at radius 2 is 2.32 bits per heavy atom. The zero-order valence-corrected chi connectivity index (χ0v) is 10.9. The summed E-state index contributed by atoms with van der Waals surface area (Å²) in [5.41, 5.74) is 7.38. The van der Waals surface area contributed by atoms with Crippen LogP contribution in [-0.2, 0) is 11.2 Å². The molecule has 102 valence electrons. The fraction of sp³-hybridized carbons (Fsp3) is 0.571. The summed E-state index contributed by atoms with van der Waals surface area (Å²) in [6.45, 7) is 0.644. The van der Waals surface area contributed by atoms with Crippen molar-refractivity contribution >= 4 is 5.91 Å². The van der Waals surface area contributed by atoms with Crippen molar-refractivity contribution in [1.29, 1.82) is 0 Å². The number of rotatable bonds is 4. The van der Waals surface area contributed by atoms with Crippen LogP contribution in [0.25, 0.3) is 0 Å². The van der Waals surface area contributed by atoms with Crippen molar-refractivity contribution in [3.05, 3.63) is 30.1 Å². The maximum absolute atomic E-state index is 12.1. The maximum Gasteiger partial charge on any atom is 0.238 e. The molecule has 2 heterocycles. The molecule has 3 unspecified atom stereocenters. The molecule has 1 aromatic heterocycles. The molecule has 2 fully saturated rings. The van der Waals surface area contributed by atoms with Crippen LogP contribution in [0.5, 0.6) is 0 Å². The van der Waals surface area contributed by atoms with Crippen LogP contribution in [0.15, 0.2) is 24.4 Å². The standard InChI is InChI=1S/C14H20N4O/c19-14(13-11-5-3-6-12(11)17-18-13)16-9-7-10-4-1-2-8-15-10/h1-2,4,8,11-13,17-18H,3,5-7,9H2,(H,16,19). The van der Waals surface area contributed by atoms with Crippen LogP contribution in [-0.4, -0.2) is 29.5 Å². The molecule has 1 saturated carbocycles. The van der Waals surface area contributed by atoms with Crippen LogP contribution in [0.1, 0.15) is 25.0 Å². The molecule has 5 nitrogen and oxygen atoms in total. The van der Waals surface area contributed by atoms with Gasteiger partial charge in [0.15, 0.2) is 0 Å². The molecule has 0 radical (unpaired) electrons. The van der Waals surface area contributed by atoms with Crippen molar-refractivity contribution in [1.82, 2.24) is 21.2 Å². The van der Waals surface area contributed by atoms with Crippen molar-refractivity contribution in [3.63, 3.8) is 0 Å². The highest BCUT2D eigenvalue weighted by Gasteiger charge is 2.42. The van der Waals surface area contributed by atoms with E-state index < -0.39 is 0 Å². The second-order valence-electron chi connectivity index (χ2n) is 5.33. The van der Waals surface area contributed by atoms with Gasteiger partial charge in [0, 0.05) is 36.8 Å². The Kier molecular flexibility index (Phi) is 3.75. The summed E-state index contributed by atoms with van der Waals surface area (Å²) >= 11 is 0. The van der Waals surface area contributed by atoms with Crippen LogP contribution < -0.4 is 16.2 Å². The van der Waals surface area contributed by atoms with Gasteiger partial charge in [-0.25, -0.2) is 5.43 Å². The number of hydrogen-bond donors (Lipinski definition) is 3. The van der Waals surface area contributed by atoms with E-state index in [1.807, 2.05) is 18.2 Å². The summed E-state index contributed by atoms with van der Waals surface area (Å²) in [6.07, 6.45) is 6.10. The van der Waals surface area contributed by atoms with Gasteiger partial charge in [-0.05, 0) is 25.0 Å². The van der Waals surface area contributed by atoms with E-state index in [-0.39, 0.29) is 11.9 Å². The van der Waals surface area contributed by atoms with Gasteiger partial charge in [-0.2, -0.15) is 0 Å². The number of amides is 1. The first kappa shape index (κ1) is 12.6. The summed E-state index contributed by atoms with van der Waals surface area (Å²) in [5.74, 6) is 0.563. The zero-order valence-electron chi connectivity index (χ0n) is 10.9. The van der Waals surface area contributed by atoms with E-state index in [1.54, 1.807) is 6.20 Å². The quantitative estimate of drug-likeness (QED) is 0.732. The van der Waals surface area contributed by atoms with Crippen LogP contribution >= 0.6 is 0 Å². The predicted octanol–water partition coefficient (Wildman–Crippen LogP) is 0.385. The minimum atomic E-state index is -0.0729. The highest BCUT2D eigenvalue weighted by molar-refractivity contribution is 5.82. The number of pyridine rings is 1. The molecule has 0 aromatic carbocycles. The Balaban J connectivity index is 1.47. The van der Waals surface area contributed by atoms with Gasteiger partial charge in [0.25, 0.3) is 0 Å². The highest BCUT2D eigenvalue weighted by Crippen LogP contribution is 2.31. The Bertz CT molecular complexity index is 436. The van der Waals surface area contributed by atoms with Gasteiger partial charge in [0.05, 0.1) is 0 Å². The lowest BCUT2D eigenvalue weighted by atomic mass is 9.97. The maximum atomic E-state index is 12.1. The first-order chi connectivity index (χ1) is 9.34. The summed E-state index contributed by atoms with van der Waals surface area (Å²) in [6, 6.07) is 6.25. The number of hydrogen-bond acceptors (Lipinski definition) is 4. The van der Waals surface area contributed by atoms with Crippen molar-refractivity contribution in [3.8, 4) is 0 Å². The second-order valence-corrected chi connectivity index (χ2v) is 5.33. The molecule has 19 heavy (non-hydrogen) atoms. The van der Waals surface area contributed by atoms with Gasteiger partial charge in [-0.1, -0.05) is 12.5 Å². The summed E-state index contributed by atoms with van der Waals surface area (Å²) in [4.78, 5) is 16.4. The van der Waals surface area contributed by atoms with E-state index in [1.165, 1.54) is 12.8 Å². The lowest BCUT2D eigenvalue weighted by Crippen LogP contribution is -2.46. The molecule has 1 aromatic rings. The second kappa shape index (κ2) is 5.67. The van der Waals surface area contributed by atoms with Gasteiger partial charge < -0.3 is 5.32 Å². The van der Waals surface area contributed by atoms with Gasteiger partial charge in [-0.15, -0.1) is 0 Å².